The van der Waals surface area contributed by atoms with E-state index in [0.717, 1.165) is 4.47 Å². The van der Waals surface area contributed by atoms with Gasteiger partial charge in [0.05, 0.1) is 11.8 Å². The molecule has 0 aliphatic carbocycles. The maximum Gasteiger partial charge on any atom is 0.256 e. The fourth-order valence-corrected chi connectivity index (χ4v) is 1.96. The molecular weight excluding hydrogens is 328 g/mol. The lowest BCUT2D eigenvalue weighted by molar-refractivity contribution is 0.102. The predicted molar refractivity (Wildman–Crippen MR) is 81.2 cm³/mol. The molecule has 0 unspecified atom stereocenters. The van der Waals surface area contributed by atoms with E-state index in [2.05, 4.69) is 26.3 Å². The number of anilines is 1. The Kier molecular flexibility index (Phi) is 3.96. The first kappa shape index (κ1) is 13.7. The minimum absolute atomic E-state index is 0.194. The van der Waals surface area contributed by atoms with Crippen LogP contribution >= 0.6 is 28.1 Å². The van der Waals surface area contributed by atoms with Gasteiger partial charge in [0.25, 0.3) is 5.91 Å². The summed E-state index contributed by atoms with van der Waals surface area (Å²) in [5.41, 5.74) is 6.67. The molecule has 2 aromatic rings. The lowest BCUT2D eigenvalue weighted by Gasteiger charge is -2.08. The molecule has 0 saturated heterocycles. The molecule has 1 amide bonds. The van der Waals surface area contributed by atoms with Crippen molar-refractivity contribution in [2.75, 3.05) is 5.32 Å². The van der Waals surface area contributed by atoms with Crippen LogP contribution < -0.4 is 11.1 Å². The number of benzene rings is 1. The molecule has 3 N–H and O–H groups in total. The van der Waals surface area contributed by atoms with Crippen molar-refractivity contribution in [3.63, 3.8) is 0 Å². The molecule has 1 heterocycles. The van der Waals surface area contributed by atoms with Gasteiger partial charge in [-0.25, -0.2) is 0 Å². The molecule has 0 aliphatic rings. The number of halogens is 1. The Balaban J connectivity index is 2.26. The van der Waals surface area contributed by atoms with E-state index in [1.165, 1.54) is 10.9 Å². The maximum atomic E-state index is 12.1. The number of thiocarbonyl (C=S) groups is 1. The number of nitrogens with two attached hydrogens (primary N) is 1. The minimum atomic E-state index is -0.242. The quantitative estimate of drug-likeness (QED) is 0.840. The van der Waals surface area contributed by atoms with Crippen molar-refractivity contribution in [1.82, 2.24) is 9.78 Å². The van der Waals surface area contributed by atoms with Gasteiger partial charge in [-0.15, -0.1) is 0 Å². The smallest absolute Gasteiger partial charge is 0.256 e. The first-order valence-corrected chi connectivity index (χ1v) is 6.58. The van der Waals surface area contributed by atoms with Gasteiger partial charge in [0.1, 0.15) is 10.8 Å². The highest BCUT2D eigenvalue weighted by atomic mass is 79.9. The number of rotatable bonds is 3. The summed E-state index contributed by atoms with van der Waals surface area (Å²) in [6, 6.07) is 7.03. The molecular formula is C12H11BrN4OS. The largest absolute Gasteiger partial charge is 0.389 e. The van der Waals surface area contributed by atoms with Crippen LogP contribution in [-0.2, 0) is 7.05 Å². The number of carbonyl (C=O) groups is 1. The van der Waals surface area contributed by atoms with E-state index < -0.39 is 0 Å². The standard InChI is InChI=1S/C12H11BrN4OS/c1-17-11(9(6-15-17)10(14)19)16-12(18)7-2-4-8(13)5-3-7/h2-6H,1H3,(H2,14,19)(H,16,18). The Morgan fingerprint density at radius 1 is 1.42 bits per heavy atom. The van der Waals surface area contributed by atoms with Gasteiger partial charge in [0.15, 0.2) is 0 Å². The Morgan fingerprint density at radius 2 is 2.05 bits per heavy atom. The molecule has 1 aromatic carbocycles. The summed E-state index contributed by atoms with van der Waals surface area (Å²) < 4.78 is 2.43. The van der Waals surface area contributed by atoms with Gasteiger partial charge in [0, 0.05) is 17.1 Å². The predicted octanol–water partition coefficient (Wildman–Crippen LogP) is 2.07. The molecule has 1 aromatic heterocycles. The highest BCUT2D eigenvalue weighted by Gasteiger charge is 2.14. The number of carbonyl (C=O) groups excluding carboxylic acids is 1. The lowest BCUT2D eigenvalue weighted by Crippen LogP contribution is -2.18. The highest BCUT2D eigenvalue weighted by Crippen LogP contribution is 2.16. The van der Waals surface area contributed by atoms with E-state index >= 15 is 0 Å². The zero-order chi connectivity index (χ0) is 14.0. The molecule has 0 radical (unpaired) electrons. The molecule has 2 rings (SSSR count). The summed E-state index contributed by atoms with van der Waals surface area (Å²) in [6.45, 7) is 0. The van der Waals surface area contributed by atoms with Gasteiger partial charge >= 0.3 is 0 Å². The van der Waals surface area contributed by atoms with E-state index in [1.54, 1.807) is 31.3 Å². The Bertz CT molecular complexity index is 636. The first-order valence-electron chi connectivity index (χ1n) is 5.37. The Labute approximate surface area is 123 Å². The van der Waals surface area contributed by atoms with Crippen LogP contribution in [0.3, 0.4) is 0 Å². The van der Waals surface area contributed by atoms with E-state index in [9.17, 15) is 4.79 Å². The molecule has 98 valence electrons. The average molecular weight is 339 g/mol. The summed E-state index contributed by atoms with van der Waals surface area (Å²) in [4.78, 5) is 12.3. The van der Waals surface area contributed by atoms with Crippen LogP contribution in [0.15, 0.2) is 34.9 Å². The summed E-state index contributed by atoms with van der Waals surface area (Å²) in [5, 5.41) is 6.78. The van der Waals surface area contributed by atoms with Gasteiger partial charge in [-0.2, -0.15) is 5.10 Å². The second kappa shape index (κ2) is 5.50. The van der Waals surface area contributed by atoms with Crippen LogP contribution in [0.25, 0.3) is 0 Å². The molecule has 5 nitrogen and oxygen atoms in total. The number of aryl methyl sites for hydroxylation is 1. The maximum absolute atomic E-state index is 12.1. The first-order chi connectivity index (χ1) is 8.99. The number of amides is 1. The molecule has 0 spiro atoms. The summed E-state index contributed by atoms with van der Waals surface area (Å²) in [6.07, 6.45) is 1.53. The Hall–Kier alpha value is -1.73. The molecule has 0 saturated carbocycles. The average Bonchev–Trinajstić information content (AvgIpc) is 2.72. The molecule has 19 heavy (non-hydrogen) atoms. The topological polar surface area (TPSA) is 72.9 Å². The van der Waals surface area contributed by atoms with Crippen molar-refractivity contribution in [3.05, 3.63) is 46.1 Å². The second-order valence-corrected chi connectivity index (χ2v) is 5.21. The number of nitrogens with zero attached hydrogens (tertiary/aromatic N) is 2. The number of aromatic nitrogens is 2. The zero-order valence-electron chi connectivity index (χ0n) is 10.1. The van der Waals surface area contributed by atoms with E-state index in [0.29, 0.717) is 16.9 Å². The normalized spacial score (nSPS) is 10.2. The zero-order valence-corrected chi connectivity index (χ0v) is 12.5. The van der Waals surface area contributed by atoms with Gasteiger partial charge in [0.2, 0.25) is 0 Å². The lowest BCUT2D eigenvalue weighted by atomic mass is 10.2. The van der Waals surface area contributed by atoms with Gasteiger partial charge in [-0.05, 0) is 24.3 Å². The van der Waals surface area contributed by atoms with Crippen LogP contribution in [0.1, 0.15) is 15.9 Å². The molecule has 0 atom stereocenters. The third-order valence-electron chi connectivity index (χ3n) is 2.54. The third kappa shape index (κ3) is 2.99. The SMILES string of the molecule is Cn1ncc(C(N)=S)c1NC(=O)c1ccc(Br)cc1. The number of hydrogen-bond donors (Lipinski definition) is 2. The van der Waals surface area contributed by atoms with Crippen LogP contribution in [-0.4, -0.2) is 20.7 Å². The molecule has 0 fully saturated rings. The summed E-state index contributed by atoms with van der Waals surface area (Å²) >= 11 is 8.23. The van der Waals surface area contributed by atoms with Crippen LogP contribution in [0.2, 0.25) is 0 Å². The van der Waals surface area contributed by atoms with Crippen molar-refractivity contribution in [3.8, 4) is 0 Å². The van der Waals surface area contributed by atoms with Crippen molar-refractivity contribution in [1.29, 1.82) is 0 Å². The van der Waals surface area contributed by atoms with Crippen molar-refractivity contribution >= 4 is 44.9 Å². The number of nitrogens with one attached hydrogen (secondary N) is 1. The van der Waals surface area contributed by atoms with Gasteiger partial charge in [-0.1, -0.05) is 28.1 Å². The summed E-state index contributed by atoms with van der Waals surface area (Å²) in [7, 11) is 1.71. The molecule has 0 bridgehead atoms. The molecule has 7 heteroatoms. The van der Waals surface area contributed by atoms with Gasteiger partial charge < -0.3 is 11.1 Å². The van der Waals surface area contributed by atoms with Crippen LogP contribution in [0.5, 0.6) is 0 Å². The van der Waals surface area contributed by atoms with Gasteiger partial charge in [-0.3, -0.25) is 9.48 Å². The third-order valence-corrected chi connectivity index (χ3v) is 3.29. The van der Waals surface area contributed by atoms with Crippen LogP contribution in [0, 0.1) is 0 Å². The van der Waals surface area contributed by atoms with Crippen molar-refractivity contribution < 1.29 is 4.79 Å². The highest BCUT2D eigenvalue weighted by molar-refractivity contribution is 9.10. The fourth-order valence-electron chi connectivity index (χ4n) is 1.55. The monoisotopic (exact) mass is 338 g/mol. The van der Waals surface area contributed by atoms with E-state index in [4.69, 9.17) is 18.0 Å². The van der Waals surface area contributed by atoms with E-state index in [-0.39, 0.29) is 10.9 Å². The summed E-state index contributed by atoms with van der Waals surface area (Å²) in [5.74, 6) is 0.244. The van der Waals surface area contributed by atoms with Crippen molar-refractivity contribution in [2.45, 2.75) is 0 Å². The minimum Gasteiger partial charge on any atom is -0.389 e. The Morgan fingerprint density at radius 3 is 2.63 bits per heavy atom. The van der Waals surface area contributed by atoms with Crippen LogP contribution in [0.4, 0.5) is 5.82 Å². The number of hydrogen-bond acceptors (Lipinski definition) is 3. The van der Waals surface area contributed by atoms with E-state index in [1.807, 2.05) is 0 Å². The second-order valence-electron chi connectivity index (χ2n) is 3.86. The van der Waals surface area contributed by atoms with Crippen molar-refractivity contribution in [2.24, 2.45) is 12.8 Å². The molecule has 0 aliphatic heterocycles. The fraction of sp³-hybridized carbons (Fsp3) is 0.0833.